The SMILES string of the molecule is CC1(C)CC1C(=O)NCC1CCC(Br)C1. The molecular weight excluding hydrogens is 254 g/mol. The Hall–Kier alpha value is -0.0500. The number of halogens is 1. The summed E-state index contributed by atoms with van der Waals surface area (Å²) < 4.78 is 0. The molecule has 0 bridgehead atoms. The number of hydrogen-bond donors (Lipinski definition) is 1. The Morgan fingerprint density at radius 3 is 2.60 bits per heavy atom. The van der Waals surface area contributed by atoms with Gasteiger partial charge in [-0.2, -0.15) is 0 Å². The normalized spacial score (nSPS) is 37.7. The predicted octanol–water partition coefficient (Wildman–Crippen LogP) is 2.71. The number of carbonyl (C=O) groups excluding carboxylic acids is 1. The lowest BCUT2D eigenvalue weighted by Gasteiger charge is -2.11. The standard InChI is InChI=1S/C12H20BrNO/c1-12(2)6-10(12)11(15)14-7-8-3-4-9(13)5-8/h8-10H,3-7H2,1-2H3,(H,14,15). The highest BCUT2D eigenvalue weighted by Crippen LogP contribution is 2.51. The number of alkyl halides is 1. The van der Waals surface area contributed by atoms with Crippen molar-refractivity contribution in [1.29, 1.82) is 0 Å². The zero-order valence-electron chi connectivity index (χ0n) is 9.55. The average molecular weight is 274 g/mol. The third kappa shape index (κ3) is 2.74. The number of amides is 1. The van der Waals surface area contributed by atoms with Gasteiger partial charge < -0.3 is 5.32 Å². The molecule has 2 aliphatic rings. The molecule has 2 nitrogen and oxygen atoms in total. The second kappa shape index (κ2) is 4.08. The van der Waals surface area contributed by atoms with Crippen molar-refractivity contribution in [2.45, 2.75) is 44.4 Å². The molecule has 1 N–H and O–H groups in total. The van der Waals surface area contributed by atoms with E-state index in [0.717, 1.165) is 13.0 Å². The van der Waals surface area contributed by atoms with E-state index in [0.29, 0.717) is 10.7 Å². The lowest BCUT2D eigenvalue weighted by atomic mass is 10.1. The van der Waals surface area contributed by atoms with Crippen LogP contribution in [-0.2, 0) is 4.79 Å². The molecule has 86 valence electrons. The van der Waals surface area contributed by atoms with Crippen molar-refractivity contribution in [3.63, 3.8) is 0 Å². The summed E-state index contributed by atoms with van der Waals surface area (Å²) in [6.45, 7) is 5.22. The Morgan fingerprint density at radius 2 is 2.13 bits per heavy atom. The monoisotopic (exact) mass is 273 g/mol. The fraction of sp³-hybridized carbons (Fsp3) is 0.917. The zero-order chi connectivity index (χ0) is 11.1. The van der Waals surface area contributed by atoms with Crippen LogP contribution in [0.1, 0.15) is 39.5 Å². The number of hydrogen-bond acceptors (Lipinski definition) is 1. The summed E-state index contributed by atoms with van der Waals surface area (Å²) in [6, 6.07) is 0. The predicted molar refractivity (Wildman–Crippen MR) is 65.0 cm³/mol. The van der Waals surface area contributed by atoms with Crippen LogP contribution in [0.3, 0.4) is 0 Å². The summed E-state index contributed by atoms with van der Waals surface area (Å²) in [4.78, 5) is 12.4. The van der Waals surface area contributed by atoms with E-state index in [2.05, 4.69) is 35.1 Å². The quantitative estimate of drug-likeness (QED) is 0.788. The summed E-state index contributed by atoms with van der Waals surface area (Å²) in [7, 11) is 0. The third-order valence-corrected chi connectivity index (χ3v) is 4.70. The summed E-state index contributed by atoms with van der Waals surface area (Å²) in [5.74, 6) is 1.25. The van der Waals surface area contributed by atoms with Crippen molar-refractivity contribution in [3.05, 3.63) is 0 Å². The molecule has 15 heavy (non-hydrogen) atoms. The highest BCUT2D eigenvalue weighted by molar-refractivity contribution is 9.09. The molecule has 3 atom stereocenters. The third-order valence-electron chi connectivity index (χ3n) is 3.87. The van der Waals surface area contributed by atoms with E-state index in [9.17, 15) is 4.79 Å². The number of nitrogens with one attached hydrogen (secondary N) is 1. The molecule has 2 rings (SSSR count). The van der Waals surface area contributed by atoms with Crippen LogP contribution in [0.5, 0.6) is 0 Å². The van der Waals surface area contributed by atoms with E-state index in [1.807, 2.05) is 0 Å². The molecule has 3 heteroatoms. The summed E-state index contributed by atoms with van der Waals surface area (Å²) in [5.41, 5.74) is 0.262. The summed E-state index contributed by atoms with van der Waals surface area (Å²) >= 11 is 3.63. The molecule has 1 amide bonds. The van der Waals surface area contributed by atoms with Crippen LogP contribution >= 0.6 is 15.9 Å². The van der Waals surface area contributed by atoms with Gasteiger partial charge >= 0.3 is 0 Å². The second-order valence-electron chi connectivity index (χ2n) is 5.77. The van der Waals surface area contributed by atoms with Crippen molar-refractivity contribution in [3.8, 4) is 0 Å². The van der Waals surface area contributed by atoms with Gasteiger partial charge in [0.1, 0.15) is 0 Å². The molecular formula is C12H20BrNO. The maximum atomic E-state index is 11.7. The van der Waals surface area contributed by atoms with E-state index >= 15 is 0 Å². The first kappa shape index (κ1) is 11.4. The molecule has 0 spiro atoms. The molecule has 2 fully saturated rings. The van der Waals surface area contributed by atoms with E-state index in [4.69, 9.17) is 0 Å². The largest absolute Gasteiger partial charge is 0.356 e. The Bertz CT molecular complexity index is 264. The van der Waals surface area contributed by atoms with E-state index in [-0.39, 0.29) is 17.2 Å². The van der Waals surface area contributed by atoms with E-state index < -0.39 is 0 Å². The first-order valence-electron chi connectivity index (χ1n) is 5.91. The molecule has 2 saturated carbocycles. The zero-order valence-corrected chi connectivity index (χ0v) is 11.1. The van der Waals surface area contributed by atoms with Gasteiger partial charge in [0.05, 0.1) is 0 Å². The fourth-order valence-corrected chi connectivity index (χ4v) is 3.28. The molecule has 0 aromatic rings. The van der Waals surface area contributed by atoms with Gasteiger partial charge in [0, 0.05) is 17.3 Å². The van der Waals surface area contributed by atoms with Gasteiger partial charge in [-0.15, -0.1) is 0 Å². The van der Waals surface area contributed by atoms with Crippen LogP contribution < -0.4 is 5.32 Å². The second-order valence-corrected chi connectivity index (χ2v) is 7.06. The smallest absolute Gasteiger partial charge is 0.223 e. The lowest BCUT2D eigenvalue weighted by molar-refractivity contribution is -0.123. The topological polar surface area (TPSA) is 29.1 Å². The van der Waals surface area contributed by atoms with Crippen molar-refractivity contribution >= 4 is 21.8 Å². The van der Waals surface area contributed by atoms with E-state index in [1.165, 1.54) is 19.3 Å². The van der Waals surface area contributed by atoms with Gasteiger partial charge in [-0.05, 0) is 37.0 Å². The summed E-state index contributed by atoms with van der Waals surface area (Å²) in [6.07, 6.45) is 4.79. The number of rotatable bonds is 3. The fourth-order valence-electron chi connectivity index (χ4n) is 2.48. The van der Waals surface area contributed by atoms with Crippen LogP contribution in [0.4, 0.5) is 0 Å². The van der Waals surface area contributed by atoms with Crippen molar-refractivity contribution < 1.29 is 4.79 Å². The van der Waals surface area contributed by atoms with Crippen LogP contribution in [-0.4, -0.2) is 17.3 Å². The molecule has 0 aromatic heterocycles. The Kier molecular flexibility index (Phi) is 3.11. The van der Waals surface area contributed by atoms with Crippen LogP contribution in [0.25, 0.3) is 0 Å². The first-order chi connectivity index (χ1) is 6.99. The molecule has 0 aliphatic heterocycles. The van der Waals surface area contributed by atoms with Crippen molar-refractivity contribution in [2.24, 2.45) is 17.3 Å². The van der Waals surface area contributed by atoms with Gasteiger partial charge in [0.15, 0.2) is 0 Å². The van der Waals surface area contributed by atoms with Gasteiger partial charge in [-0.25, -0.2) is 0 Å². The van der Waals surface area contributed by atoms with Gasteiger partial charge in [0.2, 0.25) is 5.91 Å². The maximum absolute atomic E-state index is 11.7. The average Bonchev–Trinajstić information content (AvgIpc) is 2.59. The first-order valence-corrected chi connectivity index (χ1v) is 6.82. The molecule has 0 heterocycles. The van der Waals surface area contributed by atoms with Crippen LogP contribution in [0, 0.1) is 17.3 Å². The minimum absolute atomic E-state index is 0.262. The molecule has 3 unspecified atom stereocenters. The molecule has 0 saturated heterocycles. The molecule has 0 aromatic carbocycles. The van der Waals surface area contributed by atoms with Crippen LogP contribution in [0.15, 0.2) is 0 Å². The van der Waals surface area contributed by atoms with Gasteiger partial charge in [0.25, 0.3) is 0 Å². The minimum atomic E-state index is 0.262. The Labute approximate surface area is 100 Å². The number of carbonyl (C=O) groups is 1. The highest BCUT2D eigenvalue weighted by atomic mass is 79.9. The highest BCUT2D eigenvalue weighted by Gasteiger charge is 2.50. The maximum Gasteiger partial charge on any atom is 0.223 e. The lowest BCUT2D eigenvalue weighted by Crippen LogP contribution is -2.30. The molecule has 0 radical (unpaired) electrons. The minimum Gasteiger partial charge on any atom is -0.356 e. The van der Waals surface area contributed by atoms with Crippen molar-refractivity contribution in [2.75, 3.05) is 6.54 Å². The van der Waals surface area contributed by atoms with Crippen LogP contribution in [0.2, 0.25) is 0 Å². The molecule has 2 aliphatic carbocycles. The van der Waals surface area contributed by atoms with E-state index in [1.54, 1.807) is 0 Å². The van der Waals surface area contributed by atoms with Gasteiger partial charge in [-0.3, -0.25) is 4.79 Å². The van der Waals surface area contributed by atoms with Gasteiger partial charge in [-0.1, -0.05) is 29.8 Å². The van der Waals surface area contributed by atoms with Crippen molar-refractivity contribution in [1.82, 2.24) is 5.32 Å². The Balaban J connectivity index is 1.68. The summed E-state index contributed by atoms with van der Waals surface area (Å²) in [5, 5.41) is 3.10. The Morgan fingerprint density at radius 1 is 1.47 bits per heavy atom.